The number of rotatable bonds is 7. The summed E-state index contributed by atoms with van der Waals surface area (Å²) >= 11 is 1.32. The fourth-order valence-corrected chi connectivity index (χ4v) is 3.53. The first-order valence-electron chi connectivity index (χ1n) is 7.07. The molecule has 0 atom stereocenters. The monoisotopic (exact) mass is 367 g/mol. The predicted octanol–water partition coefficient (Wildman–Crippen LogP) is 1.41. The van der Waals surface area contributed by atoms with Crippen molar-refractivity contribution in [1.29, 1.82) is 0 Å². The molecule has 0 aliphatic rings. The molecule has 0 aliphatic carbocycles. The van der Waals surface area contributed by atoms with Crippen molar-refractivity contribution in [2.24, 2.45) is 0 Å². The summed E-state index contributed by atoms with van der Waals surface area (Å²) in [7, 11) is -3.67. The van der Waals surface area contributed by atoms with Gasteiger partial charge in [0.2, 0.25) is 15.9 Å². The fourth-order valence-electron chi connectivity index (χ4n) is 1.86. The van der Waals surface area contributed by atoms with Crippen LogP contribution in [0.2, 0.25) is 0 Å². The molecule has 3 N–H and O–H groups in total. The molecule has 9 heteroatoms. The van der Waals surface area contributed by atoms with Crippen LogP contribution in [0, 0.1) is 0 Å². The van der Waals surface area contributed by atoms with Crippen LogP contribution in [0.3, 0.4) is 0 Å². The second-order valence-electron chi connectivity index (χ2n) is 4.84. The van der Waals surface area contributed by atoms with E-state index in [9.17, 15) is 18.0 Å². The maximum absolute atomic E-state index is 12.1. The average molecular weight is 367 g/mol. The molecule has 1 aromatic heterocycles. The summed E-state index contributed by atoms with van der Waals surface area (Å²) in [6.07, 6.45) is 0. The van der Waals surface area contributed by atoms with Crippen molar-refractivity contribution >= 4 is 38.9 Å². The first kappa shape index (κ1) is 18.1. The van der Waals surface area contributed by atoms with Crippen molar-refractivity contribution in [1.82, 2.24) is 10.0 Å². The number of benzene rings is 1. The maximum Gasteiger partial charge on any atom is 0.261 e. The molecule has 0 saturated carbocycles. The molecule has 0 saturated heterocycles. The molecule has 2 aromatic rings. The van der Waals surface area contributed by atoms with Gasteiger partial charge in [-0.25, -0.2) is 13.1 Å². The molecule has 7 nitrogen and oxygen atoms in total. The van der Waals surface area contributed by atoms with E-state index in [1.807, 2.05) is 0 Å². The quantitative estimate of drug-likeness (QED) is 0.644. The van der Waals surface area contributed by atoms with E-state index in [1.54, 1.807) is 17.5 Å². The van der Waals surface area contributed by atoms with Gasteiger partial charge in [0.15, 0.2) is 0 Å². The lowest BCUT2D eigenvalue weighted by Gasteiger charge is -2.08. The summed E-state index contributed by atoms with van der Waals surface area (Å²) in [6.45, 7) is 1.63. The Morgan fingerprint density at radius 1 is 1.08 bits per heavy atom. The summed E-state index contributed by atoms with van der Waals surface area (Å²) < 4.78 is 26.7. The SMILES string of the molecule is CC(=O)Nc1ccc(S(=O)(=O)NCCNC(=O)c2cccs2)cc1. The first-order valence-corrected chi connectivity index (χ1v) is 9.44. The van der Waals surface area contributed by atoms with Crippen LogP contribution in [0.4, 0.5) is 5.69 Å². The van der Waals surface area contributed by atoms with Crippen LogP contribution in [0.15, 0.2) is 46.7 Å². The van der Waals surface area contributed by atoms with E-state index in [0.29, 0.717) is 10.6 Å². The van der Waals surface area contributed by atoms with E-state index in [0.717, 1.165) is 0 Å². The zero-order valence-corrected chi connectivity index (χ0v) is 14.5. The van der Waals surface area contributed by atoms with Gasteiger partial charge in [-0.2, -0.15) is 0 Å². The van der Waals surface area contributed by atoms with Crippen LogP contribution in [0.25, 0.3) is 0 Å². The molecule has 2 rings (SSSR count). The molecule has 0 fully saturated rings. The Hall–Kier alpha value is -2.23. The van der Waals surface area contributed by atoms with Gasteiger partial charge in [-0.05, 0) is 35.7 Å². The molecule has 0 radical (unpaired) electrons. The third-order valence-corrected chi connectivity index (χ3v) is 5.28. The van der Waals surface area contributed by atoms with Gasteiger partial charge in [-0.1, -0.05) is 6.07 Å². The zero-order valence-electron chi connectivity index (χ0n) is 12.9. The Bertz CT molecular complexity index is 800. The van der Waals surface area contributed by atoms with Crippen LogP contribution >= 0.6 is 11.3 Å². The van der Waals surface area contributed by atoms with E-state index in [1.165, 1.54) is 42.5 Å². The molecular weight excluding hydrogens is 350 g/mol. The highest BCUT2D eigenvalue weighted by Gasteiger charge is 2.13. The Kier molecular flexibility index (Phi) is 6.07. The Morgan fingerprint density at radius 2 is 1.79 bits per heavy atom. The largest absolute Gasteiger partial charge is 0.350 e. The van der Waals surface area contributed by atoms with Crippen molar-refractivity contribution in [2.75, 3.05) is 18.4 Å². The minimum atomic E-state index is -3.67. The third kappa shape index (κ3) is 5.15. The highest BCUT2D eigenvalue weighted by molar-refractivity contribution is 7.89. The number of sulfonamides is 1. The van der Waals surface area contributed by atoms with Gasteiger partial charge in [0.05, 0.1) is 9.77 Å². The fraction of sp³-hybridized carbons (Fsp3) is 0.200. The van der Waals surface area contributed by atoms with Gasteiger partial charge in [0.1, 0.15) is 0 Å². The summed E-state index contributed by atoms with van der Waals surface area (Å²) in [4.78, 5) is 23.3. The maximum atomic E-state index is 12.1. The number of amides is 2. The molecule has 0 bridgehead atoms. The van der Waals surface area contributed by atoms with E-state index in [-0.39, 0.29) is 29.8 Å². The van der Waals surface area contributed by atoms with Gasteiger partial charge in [0, 0.05) is 25.7 Å². The number of thiophene rings is 1. The topological polar surface area (TPSA) is 104 Å². The molecule has 0 spiro atoms. The molecule has 1 heterocycles. The number of hydrogen-bond acceptors (Lipinski definition) is 5. The summed E-state index contributed by atoms with van der Waals surface area (Å²) in [5.41, 5.74) is 0.518. The minimum absolute atomic E-state index is 0.0763. The lowest BCUT2D eigenvalue weighted by molar-refractivity contribution is -0.114. The molecular formula is C15H17N3O4S2. The number of carbonyl (C=O) groups is 2. The van der Waals surface area contributed by atoms with E-state index in [4.69, 9.17) is 0 Å². The second kappa shape index (κ2) is 8.04. The highest BCUT2D eigenvalue weighted by atomic mass is 32.2. The van der Waals surface area contributed by atoms with Crippen molar-refractivity contribution in [3.05, 3.63) is 46.7 Å². The van der Waals surface area contributed by atoms with Crippen LogP contribution in [0.5, 0.6) is 0 Å². The second-order valence-corrected chi connectivity index (χ2v) is 7.55. The van der Waals surface area contributed by atoms with Gasteiger partial charge < -0.3 is 10.6 Å². The smallest absolute Gasteiger partial charge is 0.261 e. The molecule has 128 valence electrons. The van der Waals surface area contributed by atoms with E-state index < -0.39 is 10.0 Å². The lowest BCUT2D eigenvalue weighted by atomic mass is 10.3. The van der Waals surface area contributed by atoms with Crippen molar-refractivity contribution in [2.45, 2.75) is 11.8 Å². The van der Waals surface area contributed by atoms with Gasteiger partial charge in [-0.3, -0.25) is 9.59 Å². The molecule has 0 aliphatic heterocycles. The standard InChI is InChI=1S/C15H17N3O4S2/c1-11(19)18-12-4-6-13(7-5-12)24(21,22)17-9-8-16-15(20)14-3-2-10-23-14/h2-7,10,17H,8-9H2,1H3,(H,16,20)(H,18,19). The number of carbonyl (C=O) groups excluding carboxylic acids is 2. The molecule has 0 unspecified atom stereocenters. The Balaban J connectivity index is 1.84. The molecule has 24 heavy (non-hydrogen) atoms. The average Bonchev–Trinajstić information content (AvgIpc) is 3.06. The first-order chi connectivity index (χ1) is 11.4. The molecule has 2 amide bonds. The normalized spacial score (nSPS) is 11.0. The van der Waals surface area contributed by atoms with Crippen LogP contribution < -0.4 is 15.4 Å². The summed E-state index contributed by atoms with van der Waals surface area (Å²) in [5, 5.41) is 6.99. The van der Waals surface area contributed by atoms with Crippen LogP contribution in [-0.4, -0.2) is 33.3 Å². The highest BCUT2D eigenvalue weighted by Crippen LogP contribution is 2.13. The Morgan fingerprint density at radius 3 is 2.38 bits per heavy atom. The molecule has 1 aromatic carbocycles. The third-order valence-electron chi connectivity index (χ3n) is 2.93. The lowest BCUT2D eigenvalue weighted by Crippen LogP contribution is -2.34. The van der Waals surface area contributed by atoms with Crippen LogP contribution in [0.1, 0.15) is 16.6 Å². The van der Waals surface area contributed by atoms with Crippen molar-refractivity contribution in [3.8, 4) is 0 Å². The summed E-state index contributed by atoms with van der Waals surface area (Å²) in [5.74, 6) is -0.464. The predicted molar refractivity (Wildman–Crippen MR) is 92.6 cm³/mol. The number of nitrogens with one attached hydrogen (secondary N) is 3. The van der Waals surface area contributed by atoms with Gasteiger partial charge in [0.25, 0.3) is 5.91 Å². The van der Waals surface area contributed by atoms with Gasteiger partial charge in [-0.15, -0.1) is 11.3 Å². The summed E-state index contributed by atoms with van der Waals surface area (Å²) in [6, 6.07) is 9.28. The van der Waals surface area contributed by atoms with E-state index >= 15 is 0 Å². The minimum Gasteiger partial charge on any atom is -0.350 e. The van der Waals surface area contributed by atoms with Crippen LogP contribution in [-0.2, 0) is 14.8 Å². The van der Waals surface area contributed by atoms with Gasteiger partial charge >= 0.3 is 0 Å². The van der Waals surface area contributed by atoms with Crippen molar-refractivity contribution < 1.29 is 18.0 Å². The number of hydrogen-bond donors (Lipinski definition) is 3. The zero-order chi connectivity index (χ0) is 17.6. The number of anilines is 1. The van der Waals surface area contributed by atoms with E-state index in [2.05, 4.69) is 15.4 Å². The Labute approximate surface area is 144 Å². The van der Waals surface area contributed by atoms with Crippen molar-refractivity contribution in [3.63, 3.8) is 0 Å².